The molecule has 3 rings (SSSR count). The monoisotopic (exact) mass is 329 g/mol. The summed E-state index contributed by atoms with van der Waals surface area (Å²) in [6.07, 6.45) is 5.03. The second-order valence-electron chi connectivity index (χ2n) is 6.07. The Kier molecular flexibility index (Phi) is 4.82. The van der Waals surface area contributed by atoms with Gasteiger partial charge in [0, 0.05) is 32.6 Å². The third kappa shape index (κ3) is 3.68. The lowest BCUT2D eigenvalue weighted by atomic mass is 10.0. The van der Waals surface area contributed by atoms with Crippen LogP contribution < -0.4 is 0 Å². The van der Waals surface area contributed by atoms with E-state index in [4.69, 9.17) is 9.47 Å². The van der Waals surface area contributed by atoms with E-state index in [1.807, 2.05) is 10.7 Å². The highest BCUT2D eigenvalue weighted by atomic mass is 32.2. The molecule has 1 fully saturated rings. The van der Waals surface area contributed by atoms with Gasteiger partial charge in [0.25, 0.3) is 0 Å². The number of nitrogens with zero attached hydrogens (tertiary/aromatic N) is 3. The van der Waals surface area contributed by atoms with Gasteiger partial charge in [0.05, 0.1) is 31.1 Å². The van der Waals surface area contributed by atoms with Crippen LogP contribution in [0.2, 0.25) is 0 Å². The van der Waals surface area contributed by atoms with Crippen molar-refractivity contribution in [2.75, 3.05) is 39.2 Å². The maximum atomic E-state index is 11.8. The number of sulfonamides is 1. The third-order valence-electron chi connectivity index (χ3n) is 4.32. The van der Waals surface area contributed by atoms with Gasteiger partial charge in [0.1, 0.15) is 0 Å². The van der Waals surface area contributed by atoms with Gasteiger partial charge in [0.15, 0.2) is 0 Å². The zero-order chi connectivity index (χ0) is 15.6. The van der Waals surface area contributed by atoms with Gasteiger partial charge in [0.2, 0.25) is 10.0 Å². The highest BCUT2D eigenvalue weighted by Gasteiger charge is 2.30. The lowest BCUT2D eigenvalue weighted by Gasteiger charge is -2.32. The average Bonchev–Trinajstić information content (AvgIpc) is 2.96. The summed E-state index contributed by atoms with van der Waals surface area (Å²) in [5.74, 6) is 0.542. The summed E-state index contributed by atoms with van der Waals surface area (Å²) in [4.78, 5) is 0. The Morgan fingerprint density at radius 1 is 1.36 bits per heavy atom. The van der Waals surface area contributed by atoms with E-state index in [0.29, 0.717) is 32.2 Å². The molecule has 2 aliphatic rings. The minimum absolute atomic E-state index is 0.0617. The predicted molar refractivity (Wildman–Crippen MR) is 80.9 cm³/mol. The van der Waals surface area contributed by atoms with Gasteiger partial charge in [-0.25, -0.2) is 8.42 Å². The lowest BCUT2D eigenvalue weighted by molar-refractivity contribution is 0.00776. The van der Waals surface area contributed by atoms with Crippen molar-refractivity contribution in [3.63, 3.8) is 0 Å². The second-order valence-corrected chi connectivity index (χ2v) is 8.05. The number of ether oxygens (including phenoxy) is 2. The van der Waals surface area contributed by atoms with Gasteiger partial charge in [-0.1, -0.05) is 0 Å². The molecule has 0 aliphatic carbocycles. The maximum absolute atomic E-state index is 11.8. The van der Waals surface area contributed by atoms with Crippen LogP contribution in [-0.2, 0) is 26.0 Å². The minimum Gasteiger partial charge on any atom is -0.381 e. The van der Waals surface area contributed by atoms with E-state index in [0.717, 1.165) is 31.7 Å². The fraction of sp³-hybridized carbons (Fsp3) is 0.786. The van der Waals surface area contributed by atoms with E-state index in [2.05, 4.69) is 5.10 Å². The Labute approximate surface area is 131 Å². The SMILES string of the molecule is CS(=O)(=O)N1Cc2ccnn2[C@@H](COCC2CCOCC2)C1. The van der Waals surface area contributed by atoms with Gasteiger partial charge in [-0.2, -0.15) is 9.40 Å². The van der Waals surface area contributed by atoms with Crippen molar-refractivity contribution in [3.05, 3.63) is 18.0 Å². The molecule has 3 heterocycles. The van der Waals surface area contributed by atoms with Crippen LogP contribution in [0.25, 0.3) is 0 Å². The summed E-state index contributed by atoms with van der Waals surface area (Å²) in [6.45, 7) is 3.61. The smallest absolute Gasteiger partial charge is 0.211 e. The van der Waals surface area contributed by atoms with Crippen LogP contribution in [0, 0.1) is 5.92 Å². The molecule has 1 saturated heterocycles. The molecule has 0 radical (unpaired) electrons. The molecule has 124 valence electrons. The van der Waals surface area contributed by atoms with Crippen molar-refractivity contribution < 1.29 is 17.9 Å². The van der Waals surface area contributed by atoms with Crippen molar-refractivity contribution in [1.29, 1.82) is 0 Å². The average molecular weight is 329 g/mol. The molecule has 7 nitrogen and oxygen atoms in total. The van der Waals surface area contributed by atoms with Crippen molar-refractivity contribution in [1.82, 2.24) is 14.1 Å². The van der Waals surface area contributed by atoms with E-state index in [1.165, 1.54) is 10.6 Å². The number of fused-ring (bicyclic) bond motifs is 1. The standard InChI is InChI=1S/C14H23N3O4S/c1-22(18,19)16-8-13-2-5-15-17(13)14(9-16)11-21-10-12-3-6-20-7-4-12/h2,5,12,14H,3-4,6-11H2,1H3/t14-/m1/s1. The molecule has 2 aliphatic heterocycles. The number of hydrogen-bond acceptors (Lipinski definition) is 5. The molecule has 22 heavy (non-hydrogen) atoms. The lowest BCUT2D eigenvalue weighted by Crippen LogP contribution is -2.42. The number of aromatic nitrogens is 2. The van der Waals surface area contributed by atoms with Crippen LogP contribution in [0.5, 0.6) is 0 Å². The van der Waals surface area contributed by atoms with E-state index in [9.17, 15) is 8.42 Å². The number of rotatable bonds is 5. The van der Waals surface area contributed by atoms with Crippen molar-refractivity contribution in [3.8, 4) is 0 Å². The first-order valence-corrected chi connectivity index (χ1v) is 9.52. The summed E-state index contributed by atoms with van der Waals surface area (Å²) in [6, 6.07) is 1.80. The van der Waals surface area contributed by atoms with Gasteiger partial charge >= 0.3 is 0 Å². The minimum atomic E-state index is -3.20. The van der Waals surface area contributed by atoms with Crippen LogP contribution in [0.4, 0.5) is 0 Å². The zero-order valence-electron chi connectivity index (χ0n) is 12.8. The molecule has 0 saturated carbocycles. The molecular formula is C14H23N3O4S. The Morgan fingerprint density at radius 3 is 2.86 bits per heavy atom. The molecule has 1 atom stereocenters. The molecular weight excluding hydrogens is 306 g/mol. The molecule has 0 N–H and O–H groups in total. The second kappa shape index (κ2) is 6.66. The first-order valence-electron chi connectivity index (χ1n) is 7.67. The maximum Gasteiger partial charge on any atom is 0.211 e. The van der Waals surface area contributed by atoms with Gasteiger partial charge in [-0.3, -0.25) is 4.68 Å². The van der Waals surface area contributed by atoms with Crippen molar-refractivity contribution >= 4 is 10.0 Å². The fourth-order valence-corrected chi connectivity index (χ4v) is 3.82. The van der Waals surface area contributed by atoms with E-state index >= 15 is 0 Å². The van der Waals surface area contributed by atoms with Crippen LogP contribution in [0.3, 0.4) is 0 Å². The van der Waals surface area contributed by atoms with E-state index in [-0.39, 0.29) is 6.04 Å². The summed E-state index contributed by atoms with van der Waals surface area (Å²) in [5, 5.41) is 4.32. The normalized spacial score (nSPS) is 24.3. The predicted octanol–water partition coefficient (Wildman–Crippen LogP) is 0.643. The van der Waals surface area contributed by atoms with E-state index < -0.39 is 10.0 Å². The highest BCUT2D eigenvalue weighted by Crippen LogP contribution is 2.23. The molecule has 1 aromatic rings. The molecule has 0 spiro atoms. The Morgan fingerprint density at radius 2 is 2.14 bits per heavy atom. The topological polar surface area (TPSA) is 73.7 Å². The van der Waals surface area contributed by atoms with Gasteiger partial charge in [-0.15, -0.1) is 0 Å². The quantitative estimate of drug-likeness (QED) is 0.793. The molecule has 0 unspecified atom stereocenters. The first-order chi connectivity index (χ1) is 10.5. The van der Waals surface area contributed by atoms with Gasteiger partial charge in [-0.05, 0) is 24.8 Å². The van der Waals surface area contributed by atoms with Crippen LogP contribution in [0.1, 0.15) is 24.6 Å². The van der Waals surface area contributed by atoms with Crippen LogP contribution in [-0.4, -0.2) is 61.7 Å². The molecule has 8 heteroatoms. The third-order valence-corrected chi connectivity index (χ3v) is 5.54. The largest absolute Gasteiger partial charge is 0.381 e. The summed E-state index contributed by atoms with van der Waals surface area (Å²) >= 11 is 0. The summed E-state index contributed by atoms with van der Waals surface area (Å²) in [7, 11) is -3.20. The van der Waals surface area contributed by atoms with E-state index in [1.54, 1.807) is 6.20 Å². The summed E-state index contributed by atoms with van der Waals surface area (Å²) in [5.41, 5.74) is 0.913. The summed E-state index contributed by atoms with van der Waals surface area (Å²) < 4.78 is 38.2. The van der Waals surface area contributed by atoms with Crippen molar-refractivity contribution in [2.45, 2.75) is 25.4 Å². The first kappa shape index (κ1) is 15.9. The molecule has 0 amide bonds. The highest BCUT2D eigenvalue weighted by molar-refractivity contribution is 7.88. The van der Waals surface area contributed by atoms with Crippen LogP contribution >= 0.6 is 0 Å². The van der Waals surface area contributed by atoms with Gasteiger partial charge < -0.3 is 9.47 Å². The Bertz CT molecular complexity index is 595. The fourth-order valence-electron chi connectivity index (χ4n) is 3.01. The zero-order valence-corrected chi connectivity index (χ0v) is 13.7. The molecule has 0 aromatic carbocycles. The number of hydrogen-bond donors (Lipinski definition) is 0. The van der Waals surface area contributed by atoms with Crippen LogP contribution in [0.15, 0.2) is 12.3 Å². The van der Waals surface area contributed by atoms with Crippen molar-refractivity contribution in [2.24, 2.45) is 5.92 Å². The Balaban J connectivity index is 1.60. The molecule has 0 bridgehead atoms. The molecule has 1 aromatic heterocycles. The Hall–Kier alpha value is -0.960.